The topological polar surface area (TPSA) is 77.2 Å². The number of aliphatic hydroxyl groups is 1. The van der Waals surface area contributed by atoms with Gasteiger partial charge in [0, 0.05) is 36.3 Å². The van der Waals surface area contributed by atoms with Crippen LogP contribution in [0.25, 0.3) is 10.9 Å². The molecular formula is C19H27N3O2. The molecule has 0 aliphatic carbocycles. The molecule has 1 aliphatic rings. The Morgan fingerprint density at radius 3 is 3.04 bits per heavy atom. The smallest absolute Gasteiger partial charge is 0.267 e. The summed E-state index contributed by atoms with van der Waals surface area (Å²) in [6.07, 6.45) is 5.02. The highest BCUT2D eigenvalue weighted by Crippen LogP contribution is 2.30. The minimum absolute atomic E-state index is 0.0416. The molecule has 0 saturated carbocycles. The van der Waals surface area contributed by atoms with Crippen LogP contribution in [-0.4, -0.2) is 35.7 Å². The van der Waals surface area contributed by atoms with Gasteiger partial charge in [0.25, 0.3) is 5.91 Å². The van der Waals surface area contributed by atoms with Crippen LogP contribution in [0.1, 0.15) is 48.7 Å². The number of H-pyrrole nitrogens is 1. The number of aromatic amines is 1. The summed E-state index contributed by atoms with van der Waals surface area (Å²) in [7, 11) is 0. The van der Waals surface area contributed by atoms with Crippen molar-refractivity contribution < 1.29 is 9.90 Å². The van der Waals surface area contributed by atoms with Crippen molar-refractivity contribution >= 4 is 22.5 Å². The van der Waals surface area contributed by atoms with Gasteiger partial charge in [-0.2, -0.15) is 0 Å². The lowest BCUT2D eigenvalue weighted by molar-refractivity contribution is 0.0948. The van der Waals surface area contributed by atoms with Gasteiger partial charge >= 0.3 is 0 Å². The van der Waals surface area contributed by atoms with Gasteiger partial charge in [-0.1, -0.05) is 19.8 Å². The van der Waals surface area contributed by atoms with Crippen LogP contribution in [0.3, 0.4) is 0 Å². The Hall–Kier alpha value is -2.01. The van der Waals surface area contributed by atoms with E-state index < -0.39 is 0 Å². The number of rotatable bonds is 8. The van der Waals surface area contributed by atoms with E-state index in [0.29, 0.717) is 18.2 Å². The second kappa shape index (κ2) is 7.71. The molecule has 3 rings (SSSR count). The summed E-state index contributed by atoms with van der Waals surface area (Å²) in [5, 5.41) is 16.7. The quantitative estimate of drug-likeness (QED) is 0.562. The Kier molecular flexibility index (Phi) is 5.41. The van der Waals surface area contributed by atoms with Gasteiger partial charge in [-0.3, -0.25) is 4.79 Å². The summed E-state index contributed by atoms with van der Waals surface area (Å²) < 4.78 is 0. The highest BCUT2D eigenvalue weighted by atomic mass is 16.3. The zero-order valence-corrected chi connectivity index (χ0v) is 14.3. The van der Waals surface area contributed by atoms with Crippen molar-refractivity contribution in [3.8, 4) is 0 Å². The van der Waals surface area contributed by atoms with Gasteiger partial charge in [0.05, 0.1) is 0 Å². The van der Waals surface area contributed by atoms with E-state index in [9.17, 15) is 9.90 Å². The second-order valence-corrected chi connectivity index (χ2v) is 6.62. The fourth-order valence-corrected chi connectivity index (χ4v) is 3.42. The normalized spacial score (nSPS) is 14.4. The van der Waals surface area contributed by atoms with Gasteiger partial charge < -0.3 is 20.7 Å². The molecular weight excluding hydrogens is 302 g/mol. The van der Waals surface area contributed by atoms with Gasteiger partial charge in [-0.15, -0.1) is 0 Å². The van der Waals surface area contributed by atoms with Crippen LogP contribution in [0.5, 0.6) is 0 Å². The number of benzene rings is 1. The Labute approximate surface area is 142 Å². The number of hydrogen-bond donors (Lipinski definition) is 4. The minimum atomic E-state index is -0.0416. The van der Waals surface area contributed by atoms with E-state index in [1.54, 1.807) is 0 Å². The number of aromatic nitrogens is 1. The molecule has 130 valence electrons. The van der Waals surface area contributed by atoms with Gasteiger partial charge in [0.2, 0.25) is 0 Å². The minimum Gasteiger partial charge on any atom is -0.396 e. The first kappa shape index (κ1) is 16.8. The molecule has 0 spiro atoms. The summed E-state index contributed by atoms with van der Waals surface area (Å²) in [5.41, 5.74) is 4.14. The number of aliphatic hydroxyl groups excluding tert-OH is 1. The van der Waals surface area contributed by atoms with Gasteiger partial charge in [-0.05, 0) is 48.9 Å². The molecule has 0 bridgehead atoms. The van der Waals surface area contributed by atoms with E-state index in [2.05, 4.69) is 28.6 Å². The lowest BCUT2D eigenvalue weighted by atomic mass is 10.0. The molecule has 2 heterocycles. The molecule has 0 radical (unpaired) electrons. The van der Waals surface area contributed by atoms with Crippen LogP contribution in [0.2, 0.25) is 0 Å². The van der Waals surface area contributed by atoms with Crippen LogP contribution in [-0.2, 0) is 6.42 Å². The highest BCUT2D eigenvalue weighted by molar-refractivity contribution is 6.00. The zero-order valence-electron chi connectivity index (χ0n) is 14.3. The van der Waals surface area contributed by atoms with Crippen molar-refractivity contribution in [3.05, 3.63) is 29.5 Å². The maximum absolute atomic E-state index is 12.3. The summed E-state index contributed by atoms with van der Waals surface area (Å²) in [6.45, 7) is 4.01. The average Bonchev–Trinajstić information content (AvgIpc) is 3.23. The summed E-state index contributed by atoms with van der Waals surface area (Å²) in [6, 6.07) is 6.08. The number of unbranched alkanes of at least 4 members (excludes halogenated alkanes) is 1. The van der Waals surface area contributed by atoms with Gasteiger partial charge in [0.15, 0.2) is 0 Å². The Morgan fingerprint density at radius 2 is 2.25 bits per heavy atom. The molecule has 2 aromatic rings. The average molecular weight is 329 g/mol. The first-order valence-corrected chi connectivity index (χ1v) is 9.00. The number of fused-ring (bicyclic) bond motifs is 3. The molecule has 1 aromatic heterocycles. The SMILES string of the molecule is CCC(CO)CCCCNC(=O)c1cc2c3c(ccc2[nH]1)NCC3. The summed E-state index contributed by atoms with van der Waals surface area (Å²) >= 11 is 0. The lowest BCUT2D eigenvalue weighted by Crippen LogP contribution is -2.24. The molecule has 24 heavy (non-hydrogen) atoms. The van der Waals surface area contributed by atoms with Crippen molar-refractivity contribution in [2.75, 3.05) is 25.0 Å². The van der Waals surface area contributed by atoms with Crippen molar-refractivity contribution in [1.82, 2.24) is 10.3 Å². The third-order valence-electron chi connectivity index (χ3n) is 5.01. The summed E-state index contributed by atoms with van der Waals surface area (Å²) in [4.78, 5) is 15.6. The van der Waals surface area contributed by atoms with Crippen molar-refractivity contribution in [2.45, 2.75) is 39.0 Å². The van der Waals surface area contributed by atoms with E-state index in [1.165, 1.54) is 11.3 Å². The van der Waals surface area contributed by atoms with Crippen molar-refractivity contribution in [2.24, 2.45) is 5.92 Å². The number of carbonyl (C=O) groups is 1. The molecule has 1 unspecified atom stereocenters. The summed E-state index contributed by atoms with van der Waals surface area (Å²) in [5.74, 6) is 0.352. The molecule has 1 atom stereocenters. The van der Waals surface area contributed by atoms with E-state index >= 15 is 0 Å². The van der Waals surface area contributed by atoms with E-state index in [4.69, 9.17) is 0 Å². The van der Waals surface area contributed by atoms with E-state index in [0.717, 1.165) is 49.6 Å². The van der Waals surface area contributed by atoms with Crippen LogP contribution < -0.4 is 10.6 Å². The Balaban J connectivity index is 1.53. The standard InChI is InChI=1S/C19H27N3O2/c1-2-13(12-23)5-3-4-9-21-19(24)18-11-15-14-8-10-20-16(14)6-7-17(15)22-18/h6-7,11,13,20,22-23H,2-5,8-10,12H2,1H3,(H,21,24). The number of carbonyl (C=O) groups excluding carboxylic acids is 1. The lowest BCUT2D eigenvalue weighted by Gasteiger charge is -2.10. The predicted molar refractivity (Wildman–Crippen MR) is 97.5 cm³/mol. The third-order valence-corrected chi connectivity index (χ3v) is 5.01. The first-order valence-electron chi connectivity index (χ1n) is 9.00. The van der Waals surface area contributed by atoms with Gasteiger partial charge in [0.1, 0.15) is 5.69 Å². The maximum atomic E-state index is 12.3. The zero-order chi connectivity index (χ0) is 16.9. The molecule has 4 N–H and O–H groups in total. The Morgan fingerprint density at radius 1 is 1.38 bits per heavy atom. The number of hydrogen-bond acceptors (Lipinski definition) is 3. The molecule has 1 aromatic carbocycles. The van der Waals surface area contributed by atoms with E-state index in [-0.39, 0.29) is 12.5 Å². The van der Waals surface area contributed by atoms with E-state index in [1.807, 2.05) is 12.1 Å². The molecule has 1 aliphatic heterocycles. The first-order chi connectivity index (χ1) is 11.7. The van der Waals surface area contributed by atoms with Crippen LogP contribution in [0.4, 0.5) is 5.69 Å². The third kappa shape index (κ3) is 3.56. The van der Waals surface area contributed by atoms with Crippen LogP contribution in [0.15, 0.2) is 18.2 Å². The second-order valence-electron chi connectivity index (χ2n) is 6.62. The number of amides is 1. The van der Waals surface area contributed by atoms with Gasteiger partial charge in [-0.25, -0.2) is 0 Å². The fourth-order valence-electron chi connectivity index (χ4n) is 3.42. The largest absolute Gasteiger partial charge is 0.396 e. The fraction of sp³-hybridized carbons (Fsp3) is 0.526. The maximum Gasteiger partial charge on any atom is 0.267 e. The molecule has 0 fully saturated rings. The van der Waals surface area contributed by atoms with Crippen molar-refractivity contribution in [3.63, 3.8) is 0 Å². The van der Waals surface area contributed by atoms with Crippen LogP contribution >= 0.6 is 0 Å². The Bertz CT molecular complexity index is 704. The molecule has 5 heteroatoms. The highest BCUT2D eigenvalue weighted by Gasteiger charge is 2.17. The molecule has 0 saturated heterocycles. The van der Waals surface area contributed by atoms with Crippen LogP contribution in [0, 0.1) is 5.92 Å². The molecule has 5 nitrogen and oxygen atoms in total. The molecule has 1 amide bonds. The monoisotopic (exact) mass is 329 g/mol. The predicted octanol–water partition coefficient (Wildman–Crippen LogP) is 3.05. The number of anilines is 1. The number of nitrogens with one attached hydrogen (secondary N) is 3. The van der Waals surface area contributed by atoms with Crippen molar-refractivity contribution in [1.29, 1.82) is 0 Å².